The summed E-state index contributed by atoms with van der Waals surface area (Å²) in [6, 6.07) is 8.42. The number of thiophene rings is 1. The summed E-state index contributed by atoms with van der Waals surface area (Å²) in [6.07, 6.45) is 8.32. The second-order valence-electron chi connectivity index (χ2n) is 9.87. The van der Waals surface area contributed by atoms with Gasteiger partial charge in [-0.2, -0.15) is 0 Å². The number of benzene rings is 3. The van der Waals surface area contributed by atoms with Crippen LogP contribution in [0.2, 0.25) is 0 Å². The topological polar surface area (TPSA) is 138 Å². The number of hydrogen-bond donors (Lipinski definition) is 2. The fraction of sp³-hybridized carbons (Fsp3) is 0.276. The van der Waals surface area contributed by atoms with Gasteiger partial charge in [0.1, 0.15) is 4.83 Å². The molecule has 198 valence electrons. The van der Waals surface area contributed by atoms with Crippen molar-refractivity contribution in [3.8, 4) is 5.13 Å². The number of hydrogen-bond acceptors (Lipinski definition) is 9. The summed E-state index contributed by atoms with van der Waals surface area (Å²) in [4.78, 5) is 60.3. The van der Waals surface area contributed by atoms with Crippen LogP contribution in [0.25, 0.3) is 47.0 Å². The monoisotopic (exact) mass is 558 g/mol. The third-order valence-electron chi connectivity index (χ3n) is 7.38. The Morgan fingerprint density at radius 2 is 1.33 bits per heavy atom. The molecular formula is C29H26N4O4S2. The molecule has 3 heterocycles. The van der Waals surface area contributed by atoms with Gasteiger partial charge in [0.15, 0.2) is 10.9 Å². The number of nitrogens with two attached hydrogens (primary N) is 2. The van der Waals surface area contributed by atoms with Crippen LogP contribution in [0.1, 0.15) is 50.3 Å². The van der Waals surface area contributed by atoms with E-state index in [1.807, 2.05) is 0 Å². The number of unbranched alkanes of at least 4 members (excludes halogenated alkanes) is 5. The van der Waals surface area contributed by atoms with Gasteiger partial charge in [-0.3, -0.25) is 19.2 Å². The van der Waals surface area contributed by atoms with Crippen molar-refractivity contribution in [3.05, 3.63) is 76.4 Å². The maximum Gasteiger partial charge on any atom is 0.270 e. The molecule has 0 saturated carbocycles. The number of nitrogens with zero attached hydrogens (tertiary/aromatic N) is 2. The lowest BCUT2D eigenvalue weighted by molar-refractivity contribution is 0.609. The zero-order chi connectivity index (χ0) is 27.4. The van der Waals surface area contributed by atoms with Crippen molar-refractivity contribution in [1.29, 1.82) is 0 Å². The molecule has 3 aromatic heterocycles. The van der Waals surface area contributed by atoms with E-state index in [9.17, 15) is 19.2 Å². The number of aryl methyl sites for hydroxylation is 1. The third-order valence-corrected chi connectivity index (χ3v) is 9.58. The Morgan fingerprint density at radius 1 is 0.769 bits per heavy atom. The minimum Gasteiger partial charge on any atom is -0.397 e. The Morgan fingerprint density at radius 3 is 1.90 bits per heavy atom. The molecule has 0 radical (unpaired) electrons. The summed E-state index contributed by atoms with van der Waals surface area (Å²) in [6.45, 7) is 2.21. The average molecular weight is 559 g/mol. The molecule has 6 rings (SSSR count). The summed E-state index contributed by atoms with van der Waals surface area (Å²) in [7, 11) is 0. The van der Waals surface area contributed by atoms with Crippen molar-refractivity contribution in [3.63, 3.8) is 0 Å². The molecule has 0 saturated heterocycles. The van der Waals surface area contributed by atoms with Gasteiger partial charge in [-0.05, 0) is 18.9 Å². The van der Waals surface area contributed by atoms with Crippen molar-refractivity contribution >= 4 is 75.9 Å². The van der Waals surface area contributed by atoms with Gasteiger partial charge in [0.05, 0.1) is 37.6 Å². The highest BCUT2D eigenvalue weighted by Gasteiger charge is 2.27. The predicted octanol–water partition coefficient (Wildman–Crippen LogP) is 4.99. The van der Waals surface area contributed by atoms with E-state index < -0.39 is 22.0 Å². The molecule has 0 atom stereocenters. The standard InChI is InChI=1S/C29H26N4O4S2/c1-2-3-4-5-6-7-10-14-13-17-26(38-14)32-29(39-17)33-27(36)20-21(28(33)37)23(31)19-18(22(20)30)24(34)15-11-8-9-12-16(15)25(19)35/h8-9,11-13H,2-7,10,30-31H2,1H3. The molecule has 4 N–H and O–H groups in total. The van der Waals surface area contributed by atoms with Gasteiger partial charge >= 0.3 is 0 Å². The van der Waals surface area contributed by atoms with Crippen molar-refractivity contribution in [2.75, 3.05) is 11.5 Å². The van der Waals surface area contributed by atoms with E-state index in [2.05, 4.69) is 18.0 Å². The molecule has 0 bridgehead atoms. The zero-order valence-corrected chi connectivity index (χ0v) is 23.0. The summed E-state index contributed by atoms with van der Waals surface area (Å²) in [5, 5.41) is 0.0255. The molecule has 10 heteroatoms. The Hall–Kier alpha value is -3.89. The number of aromatic nitrogens is 2. The van der Waals surface area contributed by atoms with E-state index in [1.165, 1.54) is 60.5 Å². The van der Waals surface area contributed by atoms with Crippen LogP contribution in [0.15, 0.2) is 49.5 Å². The number of nitrogen functional groups attached to an aromatic ring is 2. The first-order valence-electron chi connectivity index (χ1n) is 13.0. The van der Waals surface area contributed by atoms with Crippen molar-refractivity contribution in [1.82, 2.24) is 9.55 Å². The molecule has 0 spiro atoms. The Kier molecular flexibility index (Phi) is 6.31. The van der Waals surface area contributed by atoms with E-state index in [4.69, 9.17) is 11.5 Å². The van der Waals surface area contributed by atoms with Crippen LogP contribution in [-0.4, -0.2) is 9.55 Å². The molecule has 39 heavy (non-hydrogen) atoms. The fourth-order valence-electron chi connectivity index (χ4n) is 5.41. The molecule has 6 aromatic rings. The second-order valence-corrected chi connectivity index (χ2v) is 12.0. The van der Waals surface area contributed by atoms with Gasteiger partial charge in [-0.25, -0.2) is 9.55 Å². The Balaban J connectivity index is 1.46. The van der Waals surface area contributed by atoms with Crippen LogP contribution in [0.3, 0.4) is 0 Å². The largest absolute Gasteiger partial charge is 0.397 e. The van der Waals surface area contributed by atoms with Crippen molar-refractivity contribution < 1.29 is 0 Å². The summed E-state index contributed by atoms with van der Waals surface area (Å²) >= 11 is 2.81. The predicted molar refractivity (Wildman–Crippen MR) is 163 cm³/mol. The Labute approximate surface area is 229 Å². The number of thiazole rings is 1. The van der Waals surface area contributed by atoms with E-state index >= 15 is 0 Å². The minimum atomic E-state index is -0.699. The highest BCUT2D eigenvalue weighted by Crippen LogP contribution is 2.35. The highest BCUT2D eigenvalue weighted by molar-refractivity contribution is 7.28. The maximum absolute atomic E-state index is 13.6. The van der Waals surface area contributed by atoms with Crippen LogP contribution < -0.4 is 33.4 Å². The van der Waals surface area contributed by atoms with Crippen molar-refractivity contribution in [2.24, 2.45) is 0 Å². The van der Waals surface area contributed by atoms with Crippen LogP contribution in [0.5, 0.6) is 0 Å². The number of fused-ring (bicyclic) bond motifs is 4. The molecule has 0 aliphatic carbocycles. The van der Waals surface area contributed by atoms with Crippen LogP contribution in [-0.2, 0) is 6.42 Å². The maximum atomic E-state index is 13.6. The number of anilines is 2. The van der Waals surface area contributed by atoms with E-state index in [0.29, 0.717) is 0 Å². The van der Waals surface area contributed by atoms with E-state index in [1.54, 1.807) is 23.5 Å². The summed E-state index contributed by atoms with van der Waals surface area (Å²) in [5.74, 6) is 0. The van der Waals surface area contributed by atoms with E-state index in [0.717, 1.165) is 26.9 Å². The third kappa shape index (κ3) is 3.89. The lowest BCUT2D eigenvalue weighted by Crippen LogP contribution is -2.23. The fourth-order valence-corrected chi connectivity index (χ4v) is 7.68. The van der Waals surface area contributed by atoms with Gasteiger partial charge < -0.3 is 11.5 Å². The lowest BCUT2D eigenvalue weighted by atomic mass is 9.97. The van der Waals surface area contributed by atoms with Crippen LogP contribution >= 0.6 is 22.7 Å². The molecule has 0 aliphatic heterocycles. The van der Waals surface area contributed by atoms with Crippen LogP contribution in [0, 0.1) is 0 Å². The minimum absolute atomic E-state index is 0.127. The lowest BCUT2D eigenvalue weighted by Gasteiger charge is -2.07. The van der Waals surface area contributed by atoms with E-state index in [-0.39, 0.29) is 48.8 Å². The Bertz CT molecular complexity index is 1990. The first-order chi connectivity index (χ1) is 18.8. The van der Waals surface area contributed by atoms with Gasteiger partial charge in [0.2, 0.25) is 5.13 Å². The number of rotatable bonds is 8. The molecule has 0 unspecified atom stereocenters. The van der Waals surface area contributed by atoms with Gasteiger partial charge in [0.25, 0.3) is 11.1 Å². The van der Waals surface area contributed by atoms with Gasteiger partial charge in [-0.1, -0.05) is 74.6 Å². The SMILES string of the molecule is CCCCCCCCc1cc2sc(-n3c(=O)c4c(N)c5c(=O)c6ccccc6c(=O)c5c(N)c4c3=O)nc2s1. The first kappa shape index (κ1) is 25.4. The highest BCUT2D eigenvalue weighted by atomic mass is 32.1. The molecular weight excluding hydrogens is 532 g/mol. The normalized spacial score (nSPS) is 12.0. The summed E-state index contributed by atoms with van der Waals surface area (Å²) < 4.78 is 1.85. The first-order valence-corrected chi connectivity index (χ1v) is 14.7. The molecule has 8 nitrogen and oxygen atoms in total. The smallest absolute Gasteiger partial charge is 0.270 e. The molecule has 3 aromatic carbocycles. The summed E-state index contributed by atoms with van der Waals surface area (Å²) in [5.41, 5.74) is 9.87. The average Bonchev–Trinajstić information content (AvgIpc) is 3.56. The zero-order valence-electron chi connectivity index (χ0n) is 21.3. The van der Waals surface area contributed by atoms with Crippen LogP contribution in [0.4, 0.5) is 11.4 Å². The van der Waals surface area contributed by atoms with Gasteiger partial charge in [-0.15, -0.1) is 11.3 Å². The van der Waals surface area contributed by atoms with Crippen molar-refractivity contribution in [2.45, 2.75) is 51.9 Å². The second kappa shape index (κ2) is 9.69. The van der Waals surface area contributed by atoms with Gasteiger partial charge in [0, 0.05) is 15.6 Å². The molecule has 0 fully saturated rings. The molecule has 0 aliphatic rings. The molecule has 0 amide bonds. The quantitative estimate of drug-likeness (QED) is 0.116.